The third-order valence-corrected chi connectivity index (χ3v) is 6.75. The second-order valence-corrected chi connectivity index (χ2v) is 9.50. The Kier molecular flexibility index (Phi) is 4.84. The predicted octanol–water partition coefficient (Wildman–Crippen LogP) is 4.86. The molecule has 33 heavy (non-hydrogen) atoms. The monoisotopic (exact) mass is 453 g/mol. The van der Waals surface area contributed by atoms with Gasteiger partial charge in [0.05, 0.1) is 15.9 Å². The van der Waals surface area contributed by atoms with E-state index < -0.39 is 10.0 Å². The smallest absolute Gasteiger partial charge is 0.263 e. The summed E-state index contributed by atoms with van der Waals surface area (Å²) in [5.74, 6) is 0.106. The molecular weight excluding hydrogens is 434 g/mol. The molecule has 0 unspecified atom stereocenters. The van der Waals surface area contributed by atoms with Gasteiger partial charge >= 0.3 is 0 Å². The Bertz CT molecular complexity index is 1680. The summed E-state index contributed by atoms with van der Waals surface area (Å²) in [6.45, 7) is 3.83. The van der Waals surface area contributed by atoms with Gasteiger partial charge in [0.2, 0.25) is 0 Å². The molecule has 0 fully saturated rings. The Morgan fingerprint density at radius 1 is 0.879 bits per heavy atom. The van der Waals surface area contributed by atoms with Crippen molar-refractivity contribution in [3.63, 3.8) is 0 Å². The molecule has 0 amide bonds. The molecule has 162 valence electrons. The lowest BCUT2D eigenvalue weighted by molar-refractivity contribution is 0.601. The minimum atomic E-state index is -3.98. The van der Waals surface area contributed by atoms with E-state index in [2.05, 4.69) is 15.8 Å². The number of aryl methyl sites for hydroxylation is 2. The highest BCUT2D eigenvalue weighted by atomic mass is 32.2. The highest BCUT2D eigenvalue weighted by Crippen LogP contribution is 2.34. The van der Waals surface area contributed by atoms with Crippen LogP contribution in [0.2, 0.25) is 0 Å². The summed E-state index contributed by atoms with van der Waals surface area (Å²) >= 11 is 0. The number of para-hydroxylation sites is 2. The molecular formula is C25H19N5O2S. The average Bonchev–Trinajstić information content (AvgIpc) is 3.08. The van der Waals surface area contributed by atoms with E-state index in [1.807, 2.05) is 62.4 Å². The molecule has 0 aliphatic heterocycles. The van der Waals surface area contributed by atoms with Crippen molar-refractivity contribution in [2.75, 3.05) is 4.72 Å². The summed E-state index contributed by atoms with van der Waals surface area (Å²) in [6.07, 6.45) is 0. The molecule has 0 bridgehead atoms. The highest BCUT2D eigenvalue weighted by molar-refractivity contribution is 7.92. The number of rotatable bonds is 4. The van der Waals surface area contributed by atoms with Crippen LogP contribution in [0.4, 0.5) is 5.82 Å². The van der Waals surface area contributed by atoms with Crippen molar-refractivity contribution in [2.45, 2.75) is 18.7 Å². The Morgan fingerprint density at radius 3 is 2.24 bits per heavy atom. The molecule has 0 radical (unpaired) electrons. The molecule has 0 atom stereocenters. The van der Waals surface area contributed by atoms with Crippen LogP contribution in [-0.4, -0.2) is 23.0 Å². The van der Waals surface area contributed by atoms with Crippen LogP contribution in [0.3, 0.4) is 0 Å². The first-order valence-corrected chi connectivity index (χ1v) is 11.7. The van der Waals surface area contributed by atoms with Gasteiger partial charge in [0.25, 0.3) is 10.0 Å². The third kappa shape index (κ3) is 3.58. The van der Waals surface area contributed by atoms with Gasteiger partial charge in [-0.1, -0.05) is 42.0 Å². The largest absolute Gasteiger partial charge is 0.277 e. The minimum Gasteiger partial charge on any atom is -0.277 e. The molecule has 1 N–H and O–H groups in total. The van der Waals surface area contributed by atoms with Gasteiger partial charge in [0.1, 0.15) is 23.0 Å². The van der Waals surface area contributed by atoms with E-state index in [4.69, 9.17) is 4.98 Å². The van der Waals surface area contributed by atoms with Crippen LogP contribution in [0.1, 0.15) is 16.7 Å². The molecule has 8 heteroatoms. The van der Waals surface area contributed by atoms with Crippen LogP contribution >= 0.6 is 0 Å². The van der Waals surface area contributed by atoms with Crippen LogP contribution in [0.25, 0.3) is 27.9 Å². The van der Waals surface area contributed by atoms with Crippen molar-refractivity contribution >= 4 is 38.0 Å². The molecule has 7 nitrogen and oxygen atoms in total. The molecule has 0 saturated heterocycles. The zero-order chi connectivity index (χ0) is 23.2. The van der Waals surface area contributed by atoms with Gasteiger partial charge < -0.3 is 0 Å². The first-order valence-electron chi connectivity index (χ1n) is 10.3. The fourth-order valence-electron chi connectivity index (χ4n) is 3.77. The zero-order valence-corrected chi connectivity index (χ0v) is 18.8. The number of fused-ring (bicyclic) bond motifs is 2. The summed E-state index contributed by atoms with van der Waals surface area (Å²) < 4.78 is 30.8. The van der Waals surface area contributed by atoms with Crippen molar-refractivity contribution < 1.29 is 8.42 Å². The number of nitrogens with one attached hydrogen (secondary N) is 1. The number of sulfonamides is 1. The number of hydrogen-bond acceptors (Lipinski definition) is 5. The molecule has 0 aliphatic carbocycles. The van der Waals surface area contributed by atoms with Gasteiger partial charge in [-0.15, -0.1) is 0 Å². The molecule has 3 aromatic carbocycles. The van der Waals surface area contributed by atoms with Crippen LogP contribution in [0.5, 0.6) is 0 Å². The molecule has 0 aliphatic rings. The van der Waals surface area contributed by atoms with Crippen LogP contribution in [0, 0.1) is 25.2 Å². The maximum absolute atomic E-state index is 13.3. The summed E-state index contributed by atoms with van der Waals surface area (Å²) in [5.41, 5.74) is 4.71. The molecule has 2 aromatic heterocycles. The van der Waals surface area contributed by atoms with Gasteiger partial charge in [-0.25, -0.2) is 18.4 Å². The highest BCUT2D eigenvalue weighted by Gasteiger charge is 2.26. The van der Waals surface area contributed by atoms with E-state index >= 15 is 0 Å². The van der Waals surface area contributed by atoms with E-state index in [-0.39, 0.29) is 16.3 Å². The van der Waals surface area contributed by atoms with E-state index in [1.54, 1.807) is 16.7 Å². The molecule has 5 aromatic rings. The average molecular weight is 454 g/mol. The van der Waals surface area contributed by atoms with E-state index in [9.17, 15) is 13.7 Å². The lowest BCUT2D eigenvalue weighted by Gasteiger charge is -2.13. The lowest BCUT2D eigenvalue weighted by Crippen LogP contribution is -2.16. The Labute approximate surface area is 191 Å². The van der Waals surface area contributed by atoms with Crippen molar-refractivity contribution in [3.8, 4) is 11.8 Å². The number of nitriles is 1. The van der Waals surface area contributed by atoms with Crippen molar-refractivity contribution in [2.24, 2.45) is 0 Å². The first kappa shape index (κ1) is 20.7. The van der Waals surface area contributed by atoms with Crippen molar-refractivity contribution in [3.05, 3.63) is 89.5 Å². The van der Waals surface area contributed by atoms with Gasteiger partial charge in [-0.05, 0) is 55.8 Å². The quantitative estimate of drug-likeness (QED) is 0.419. The first-order chi connectivity index (χ1) is 15.9. The lowest BCUT2D eigenvalue weighted by atomic mass is 10.2. The number of aromatic nitrogens is 3. The minimum absolute atomic E-state index is 0.101. The van der Waals surface area contributed by atoms with Crippen molar-refractivity contribution in [1.29, 1.82) is 5.26 Å². The Hall–Kier alpha value is -4.22. The van der Waals surface area contributed by atoms with Gasteiger partial charge in [0.15, 0.2) is 5.65 Å². The maximum Gasteiger partial charge on any atom is 0.263 e. The standard InChI is InChI=1S/C25H19N5O2S/c1-16-10-12-19(13-11-16)33(31,32)29-24-20(15-26)23-25(28-22-9-4-3-8-21(22)27-23)30(24)18-7-5-6-17(2)14-18/h3-14,29H,1-2H3. The van der Waals surface area contributed by atoms with E-state index in [1.165, 1.54) is 12.1 Å². The number of hydrogen-bond donors (Lipinski definition) is 1. The summed E-state index contributed by atoms with van der Waals surface area (Å²) in [4.78, 5) is 9.49. The fraction of sp³-hybridized carbons (Fsp3) is 0.0800. The molecule has 2 heterocycles. The summed E-state index contributed by atoms with van der Waals surface area (Å²) in [5, 5.41) is 10.0. The van der Waals surface area contributed by atoms with Crippen LogP contribution < -0.4 is 4.72 Å². The normalized spacial score (nSPS) is 11.5. The van der Waals surface area contributed by atoms with Gasteiger partial charge in [-0.3, -0.25) is 9.29 Å². The fourth-order valence-corrected chi connectivity index (χ4v) is 4.83. The van der Waals surface area contributed by atoms with Crippen LogP contribution in [-0.2, 0) is 10.0 Å². The summed E-state index contributed by atoms with van der Waals surface area (Å²) in [7, 11) is -3.98. The predicted molar refractivity (Wildman–Crippen MR) is 128 cm³/mol. The third-order valence-electron chi connectivity index (χ3n) is 5.40. The molecule has 0 spiro atoms. The van der Waals surface area contributed by atoms with Crippen LogP contribution in [0.15, 0.2) is 77.7 Å². The van der Waals surface area contributed by atoms with Gasteiger partial charge in [-0.2, -0.15) is 5.26 Å². The Balaban J connectivity index is 1.83. The zero-order valence-electron chi connectivity index (χ0n) is 17.9. The van der Waals surface area contributed by atoms with Gasteiger partial charge in [0, 0.05) is 5.69 Å². The van der Waals surface area contributed by atoms with E-state index in [0.717, 1.165) is 11.1 Å². The second-order valence-electron chi connectivity index (χ2n) is 7.81. The number of benzene rings is 3. The SMILES string of the molecule is Cc1ccc(S(=O)(=O)Nc2c(C#N)c3nc4ccccc4nc3n2-c2cccc(C)c2)cc1. The number of anilines is 1. The maximum atomic E-state index is 13.3. The van der Waals surface area contributed by atoms with Crippen molar-refractivity contribution in [1.82, 2.24) is 14.5 Å². The Morgan fingerprint density at radius 2 is 1.58 bits per heavy atom. The second kappa shape index (κ2) is 7.73. The number of nitrogens with zero attached hydrogens (tertiary/aromatic N) is 4. The van der Waals surface area contributed by atoms with E-state index in [0.29, 0.717) is 27.9 Å². The molecule has 5 rings (SSSR count). The molecule has 0 saturated carbocycles. The summed E-state index contributed by atoms with van der Waals surface area (Å²) in [6, 6.07) is 23.6. The topological polar surface area (TPSA) is 101 Å².